The van der Waals surface area contributed by atoms with E-state index in [4.69, 9.17) is 30.2 Å². The molecule has 0 spiro atoms. The van der Waals surface area contributed by atoms with Gasteiger partial charge < -0.3 is 23.7 Å². The van der Waals surface area contributed by atoms with Gasteiger partial charge in [-0.3, -0.25) is 4.90 Å². The molecule has 0 saturated heterocycles. The summed E-state index contributed by atoms with van der Waals surface area (Å²) in [6, 6.07) is 16.7. The topological polar surface area (TPSA) is 64.3 Å². The monoisotopic (exact) mass is 431 g/mol. The fraction of sp³-hybridized carbons (Fsp3) is 0.304. The molecule has 0 aliphatic heterocycles. The molecule has 3 aromatic rings. The van der Waals surface area contributed by atoms with Crippen LogP contribution in [0.4, 0.5) is 0 Å². The van der Waals surface area contributed by atoms with Crippen molar-refractivity contribution < 1.29 is 23.7 Å². The minimum Gasteiger partial charge on any atom is -0.493 e. The second-order valence-electron chi connectivity index (χ2n) is 6.83. The van der Waals surface area contributed by atoms with Crippen molar-refractivity contribution in [2.24, 2.45) is 0 Å². The van der Waals surface area contributed by atoms with Gasteiger partial charge in [-0.05, 0) is 42.0 Å². The largest absolute Gasteiger partial charge is 0.493 e. The zero-order valence-corrected chi connectivity index (χ0v) is 17.8. The van der Waals surface area contributed by atoms with E-state index in [9.17, 15) is 5.11 Å². The minimum atomic E-state index is -0.712. The number of methoxy groups -OCH3 is 2. The molecular formula is C23H26ClNO5. The van der Waals surface area contributed by atoms with Crippen molar-refractivity contribution in [2.45, 2.75) is 19.2 Å². The predicted molar refractivity (Wildman–Crippen MR) is 115 cm³/mol. The molecule has 3 rings (SSSR count). The number of hydrogen-bond donors (Lipinski definition) is 1. The smallest absolute Gasteiger partial charge is 0.161 e. The maximum absolute atomic E-state index is 10.6. The number of ether oxygens (including phenoxy) is 3. The van der Waals surface area contributed by atoms with Gasteiger partial charge in [0.2, 0.25) is 0 Å². The number of benzene rings is 2. The van der Waals surface area contributed by atoms with E-state index in [2.05, 4.69) is 4.90 Å². The summed E-state index contributed by atoms with van der Waals surface area (Å²) in [4.78, 5) is 2.08. The van der Waals surface area contributed by atoms with Gasteiger partial charge in [0.05, 0.1) is 32.1 Å². The van der Waals surface area contributed by atoms with E-state index in [1.165, 1.54) is 0 Å². The average molecular weight is 432 g/mol. The van der Waals surface area contributed by atoms with Crippen molar-refractivity contribution in [2.75, 3.05) is 27.4 Å². The van der Waals surface area contributed by atoms with Crippen LogP contribution in [0.15, 0.2) is 65.3 Å². The zero-order valence-electron chi connectivity index (χ0n) is 17.1. The van der Waals surface area contributed by atoms with Gasteiger partial charge >= 0.3 is 0 Å². The number of halogens is 1. The van der Waals surface area contributed by atoms with Crippen LogP contribution in [0.3, 0.4) is 0 Å². The Morgan fingerprint density at radius 1 is 0.967 bits per heavy atom. The summed E-state index contributed by atoms with van der Waals surface area (Å²) in [6.45, 7) is 1.65. The molecule has 0 bridgehead atoms. The van der Waals surface area contributed by atoms with E-state index < -0.39 is 6.10 Å². The summed E-state index contributed by atoms with van der Waals surface area (Å²) in [5, 5.41) is 11.1. The van der Waals surface area contributed by atoms with Crippen LogP contribution in [-0.4, -0.2) is 43.5 Å². The maximum Gasteiger partial charge on any atom is 0.161 e. The van der Waals surface area contributed by atoms with Crippen LogP contribution in [0.5, 0.6) is 17.2 Å². The number of rotatable bonds is 11. The van der Waals surface area contributed by atoms with Crippen molar-refractivity contribution in [3.05, 3.63) is 77.2 Å². The lowest BCUT2D eigenvalue weighted by molar-refractivity contribution is 0.0605. The van der Waals surface area contributed by atoms with Gasteiger partial charge in [-0.25, -0.2) is 0 Å². The number of furan rings is 1. The molecule has 7 heteroatoms. The van der Waals surface area contributed by atoms with Gasteiger partial charge in [0.15, 0.2) is 11.5 Å². The normalized spacial score (nSPS) is 12.0. The molecule has 1 N–H and O–H groups in total. The van der Waals surface area contributed by atoms with E-state index in [1.807, 2.05) is 42.5 Å². The molecule has 0 fully saturated rings. The fourth-order valence-electron chi connectivity index (χ4n) is 3.14. The molecule has 0 radical (unpaired) electrons. The van der Waals surface area contributed by atoms with Crippen LogP contribution in [0.1, 0.15) is 11.3 Å². The second-order valence-corrected chi connectivity index (χ2v) is 7.24. The average Bonchev–Trinajstić information content (AvgIpc) is 3.26. The first kappa shape index (κ1) is 22.0. The Morgan fingerprint density at radius 2 is 1.77 bits per heavy atom. The quantitative estimate of drug-likeness (QED) is 0.485. The van der Waals surface area contributed by atoms with Crippen LogP contribution in [-0.2, 0) is 13.1 Å². The Morgan fingerprint density at radius 3 is 2.47 bits per heavy atom. The first-order chi connectivity index (χ1) is 14.6. The lowest BCUT2D eigenvalue weighted by atomic mass is 10.1. The summed E-state index contributed by atoms with van der Waals surface area (Å²) < 4.78 is 21.9. The Bertz CT molecular complexity index is 916. The molecule has 0 aliphatic carbocycles. The predicted octanol–water partition coefficient (Wildman–Crippen LogP) is 4.39. The number of para-hydroxylation sites is 1. The summed E-state index contributed by atoms with van der Waals surface area (Å²) in [7, 11) is 3.22. The third-order valence-corrected chi connectivity index (χ3v) is 4.86. The van der Waals surface area contributed by atoms with Crippen LogP contribution in [0, 0.1) is 0 Å². The van der Waals surface area contributed by atoms with Crippen molar-refractivity contribution >= 4 is 11.6 Å². The summed E-state index contributed by atoms with van der Waals surface area (Å²) in [5.41, 5.74) is 1.03. The lowest BCUT2D eigenvalue weighted by Crippen LogP contribution is -2.35. The molecule has 0 aliphatic rings. The maximum atomic E-state index is 10.6. The molecule has 30 heavy (non-hydrogen) atoms. The molecule has 0 amide bonds. The molecule has 2 aromatic carbocycles. The van der Waals surface area contributed by atoms with Gasteiger partial charge in [-0.2, -0.15) is 0 Å². The van der Waals surface area contributed by atoms with Crippen LogP contribution < -0.4 is 14.2 Å². The van der Waals surface area contributed by atoms with Crippen molar-refractivity contribution in [3.8, 4) is 17.2 Å². The summed E-state index contributed by atoms with van der Waals surface area (Å²) >= 11 is 6.12. The third kappa shape index (κ3) is 6.16. The van der Waals surface area contributed by atoms with Crippen molar-refractivity contribution in [3.63, 3.8) is 0 Å². The molecule has 0 saturated carbocycles. The molecule has 1 heterocycles. The lowest BCUT2D eigenvalue weighted by Gasteiger charge is -2.25. The van der Waals surface area contributed by atoms with Crippen LogP contribution >= 0.6 is 11.6 Å². The number of hydrogen-bond acceptors (Lipinski definition) is 6. The molecule has 1 aromatic heterocycles. The standard InChI is InChI=1S/C23H26ClNO5/c1-27-22-10-9-17(12-23(22)28-2)13-25(15-19-6-5-11-29-19)14-18(26)16-30-21-8-4-3-7-20(21)24/h3-12,18,26H,13-16H2,1-2H3. The summed E-state index contributed by atoms with van der Waals surface area (Å²) in [6.07, 6.45) is 0.928. The fourth-order valence-corrected chi connectivity index (χ4v) is 3.33. The van der Waals surface area contributed by atoms with E-state index in [0.717, 1.165) is 11.3 Å². The molecular weight excluding hydrogens is 406 g/mol. The van der Waals surface area contributed by atoms with Crippen molar-refractivity contribution in [1.82, 2.24) is 4.90 Å². The molecule has 6 nitrogen and oxygen atoms in total. The highest BCUT2D eigenvalue weighted by Gasteiger charge is 2.16. The van der Waals surface area contributed by atoms with Gasteiger partial charge in [0.1, 0.15) is 24.2 Å². The minimum absolute atomic E-state index is 0.129. The summed E-state index contributed by atoms with van der Waals surface area (Å²) in [5.74, 6) is 2.70. The number of aliphatic hydroxyl groups is 1. The van der Waals surface area contributed by atoms with E-state index in [-0.39, 0.29) is 6.61 Å². The third-order valence-electron chi connectivity index (χ3n) is 4.55. The van der Waals surface area contributed by atoms with Crippen LogP contribution in [0.25, 0.3) is 0 Å². The highest BCUT2D eigenvalue weighted by atomic mass is 35.5. The van der Waals surface area contributed by atoms with Gasteiger partial charge in [-0.15, -0.1) is 0 Å². The Kier molecular flexibility index (Phi) is 8.02. The Labute approximate surface area is 181 Å². The SMILES string of the molecule is COc1ccc(CN(Cc2ccco2)CC(O)COc2ccccc2Cl)cc1OC. The number of nitrogens with zero attached hydrogens (tertiary/aromatic N) is 1. The van der Waals surface area contributed by atoms with Gasteiger partial charge in [0.25, 0.3) is 0 Å². The van der Waals surface area contributed by atoms with Gasteiger partial charge in [0, 0.05) is 13.1 Å². The molecule has 1 atom stereocenters. The zero-order chi connectivity index (χ0) is 21.3. The van der Waals surface area contributed by atoms with Crippen LogP contribution in [0.2, 0.25) is 5.02 Å². The highest BCUT2D eigenvalue weighted by Crippen LogP contribution is 2.28. The first-order valence-corrected chi connectivity index (χ1v) is 9.98. The van der Waals surface area contributed by atoms with Crippen molar-refractivity contribution in [1.29, 1.82) is 0 Å². The van der Waals surface area contributed by atoms with E-state index >= 15 is 0 Å². The molecule has 160 valence electrons. The van der Waals surface area contributed by atoms with E-state index in [1.54, 1.807) is 32.6 Å². The Hall–Kier alpha value is -2.67. The highest BCUT2D eigenvalue weighted by molar-refractivity contribution is 6.32. The first-order valence-electron chi connectivity index (χ1n) is 9.60. The van der Waals surface area contributed by atoms with E-state index in [0.29, 0.717) is 41.9 Å². The molecule has 1 unspecified atom stereocenters. The second kappa shape index (κ2) is 10.9. The Balaban J connectivity index is 1.67. The number of aliphatic hydroxyl groups excluding tert-OH is 1. The van der Waals surface area contributed by atoms with Gasteiger partial charge in [-0.1, -0.05) is 29.8 Å².